The van der Waals surface area contributed by atoms with Crippen LogP contribution in [-0.2, 0) is 10.0 Å². The third kappa shape index (κ3) is 3.33. The number of nitrogens with one attached hydrogen (secondary N) is 1. The molecular formula is C13H18BrNO2S. The molecule has 0 aromatic heterocycles. The molecule has 1 aliphatic carbocycles. The largest absolute Gasteiger partial charge is 0.240 e. The van der Waals surface area contributed by atoms with Crippen LogP contribution in [0.5, 0.6) is 0 Å². The average molecular weight is 332 g/mol. The molecule has 18 heavy (non-hydrogen) atoms. The van der Waals surface area contributed by atoms with Gasteiger partial charge >= 0.3 is 0 Å². The van der Waals surface area contributed by atoms with Crippen molar-refractivity contribution in [2.24, 2.45) is 0 Å². The van der Waals surface area contributed by atoms with Gasteiger partial charge in [0.05, 0.1) is 4.90 Å². The maximum absolute atomic E-state index is 12.2. The van der Waals surface area contributed by atoms with Gasteiger partial charge in [-0.15, -0.1) is 0 Å². The first-order valence-corrected chi connectivity index (χ1v) is 8.55. The molecular weight excluding hydrogens is 314 g/mol. The molecule has 2 rings (SSSR count). The zero-order chi connectivity index (χ0) is 13.2. The highest BCUT2D eigenvalue weighted by atomic mass is 79.9. The van der Waals surface area contributed by atoms with Crippen LogP contribution < -0.4 is 4.72 Å². The van der Waals surface area contributed by atoms with Gasteiger partial charge in [0.2, 0.25) is 10.0 Å². The first-order valence-electron chi connectivity index (χ1n) is 6.27. The number of halogens is 1. The zero-order valence-electron chi connectivity index (χ0n) is 10.4. The van der Waals surface area contributed by atoms with E-state index in [-0.39, 0.29) is 6.04 Å². The van der Waals surface area contributed by atoms with E-state index >= 15 is 0 Å². The van der Waals surface area contributed by atoms with Gasteiger partial charge in [0.15, 0.2) is 0 Å². The minimum Gasteiger partial charge on any atom is -0.208 e. The highest BCUT2D eigenvalue weighted by molar-refractivity contribution is 9.10. The third-order valence-electron chi connectivity index (χ3n) is 3.38. The molecule has 0 atom stereocenters. The molecule has 0 heterocycles. The second kappa shape index (κ2) is 5.72. The van der Waals surface area contributed by atoms with Crippen molar-refractivity contribution in [1.29, 1.82) is 0 Å². The minimum absolute atomic E-state index is 0.101. The van der Waals surface area contributed by atoms with Crippen LogP contribution in [0.1, 0.15) is 37.7 Å². The Balaban J connectivity index is 2.16. The van der Waals surface area contributed by atoms with E-state index < -0.39 is 10.0 Å². The Bertz CT molecular complexity index is 522. The maximum atomic E-state index is 12.2. The predicted octanol–water partition coefficient (Wildman–Crippen LogP) is 3.37. The van der Waals surface area contributed by atoms with Crippen LogP contribution in [0.15, 0.2) is 27.6 Å². The van der Waals surface area contributed by atoms with Gasteiger partial charge in [0.25, 0.3) is 0 Å². The fourth-order valence-corrected chi connectivity index (χ4v) is 4.11. The summed E-state index contributed by atoms with van der Waals surface area (Å²) in [5.74, 6) is 0. The molecule has 1 aromatic rings. The van der Waals surface area contributed by atoms with Crippen molar-refractivity contribution in [3.63, 3.8) is 0 Å². The number of sulfonamides is 1. The van der Waals surface area contributed by atoms with Gasteiger partial charge in [-0.1, -0.05) is 41.3 Å². The fourth-order valence-electron chi connectivity index (χ4n) is 2.25. The predicted molar refractivity (Wildman–Crippen MR) is 76.1 cm³/mol. The van der Waals surface area contributed by atoms with E-state index in [1.807, 2.05) is 13.0 Å². The van der Waals surface area contributed by atoms with Crippen molar-refractivity contribution >= 4 is 26.0 Å². The summed E-state index contributed by atoms with van der Waals surface area (Å²) in [6.45, 7) is 1.94. The summed E-state index contributed by atoms with van der Waals surface area (Å²) in [6, 6.07) is 5.24. The number of benzene rings is 1. The van der Waals surface area contributed by atoms with Crippen molar-refractivity contribution in [1.82, 2.24) is 4.72 Å². The molecule has 100 valence electrons. The van der Waals surface area contributed by atoms with Crippen molar-refractivity contribution in [2.75, 3.05) is 0 Å². The van der Waals surface area contributed by atoms with Crippen LogP contribution in [0.3, 0.4) is 0 Å². The molecule has 0 bridgehead atoms. The topological polar surface area (TPSA) is 46.2 Å². The fraction of sp³-hybridized carbons (Fsp3) is 0.538. The van der Waals surface area contributed by atoms with E-state index in [1.165, 1.54) is 6.42 Å². The number of rotatable bonds is 3. The van der Waals surface area contributed by atoms with E-state index in [1.54, 1.807) is 12.1 Å². The summed E-state index contributed by atoms with van der Waals surface area (Å²) < 4.78 is 28.1. The van der Waals surface area contributed by atoms with Crippen LogP contribution in [0.25, 0.3) is 0 Å². The summed E-state index contributed by atoms with van der Waals surface area (Å²) in [4.78, 5) is 0.338. The quantitative estimate of drug-likeness (QED) is 0.922. The lowest BCUT2D eigenvalue weighted by Gasteiger charge is -2.22. The van der Waals surface area contributed by atoms with Crippen LogP contribution >= 0.6 is 15.9 Å². The van der Waals surface area contributed by atoms with Gasteiger partial charge in [0.1, 0.15) is 0 Å². The molecule has 1 N–H and O–H groups in total. The molecule has 0 radical (unpaired) electrons. The first-order chi connectivity index (χ1) is 8.49. The average Bonchev–Trinajstić information content (AvgIpc) is 2.33. The number of hydrogen-bond donors (Lipinski definition) is 1. The van der Waals surface area contributed by atoms with Crippen molar-refractivity contribution in [3.8, 4) is 0 Å². The molecule has 0 saturated heterocycles. The Morgan fingerprint density at radius 1 is 1.22 bits per heavy atom. The number of aryl methyl sites for hydroxylation is 1. The van der Waals surface area contributed by atoms with Crippen LogP contribution in [-0.4, -0.2) is 14.5 Å². The van der Waals surface area contributed by atoms with Crippen LogP contribution in [0.2, 0.25) is 0 Å². The summed E-state index contributed by atoms with van der Waals surface area (Å²) in [6.07, 6.45) is 5.35. The van der Waals surface area contributed by atoms with E-state index in [2.05, 4.69) is 20.7 Å². The monoisotopic (exact) mass is 331 g/mol. The lowest BCUT2D eigenvalue weighted by Crippen LogP contribution is -2.36. The molecule has 0 aliphatic heterocycles. The molecule has 1 fully saturated rings. The Hall–Kier alpha value is -0.390. The number of hydrogen-bond acceptors (Lipinski definition) is 2. The van der Waals surface area contributed by atoms with Gasteiger partial charge in [-0.05, 0) is 37.5 Å². The molecule has 1 aromatic carbocycles. The minimum atomic E-state index is -3.38. The highest BCUT2D eigenvalue weighted by Gasteiger charge is 2.22. The first kappa shape index (κ1) is 14.0. The summed E-state index contributed by atoms with van der Waals surface area (Å²) in [5, 5.41) is 0. The summed E-state index contributed by atoms with van der Waals surface area (Å²) in [7, 11) is -3.38. The molecule has 3 nitrogen and oxygen atoms in total. The molecule has 0 amide bonds. The zero-order valence-corrected chi connectivity index (χ0v) is 12.9. The summed E-state index contributed by atoms with van der Waals surface area (Å²) >= 11 is 3.37. The van der Waals surface area contributed by atoms with Gasteiger partial charge < -0.3 is 0 Å². The standard InChI is InChI=1S/C13H18BrNO2S/c1-10-7-8-12(9-13(10)14)18(16,17)15-11-5-3-2-4-6-11/h7-9,11,15H,2-6H2,1H3. The molecule has 1 saturated carbocycles. The molecule has 0 unspecified atom stereocenters. The van der Waals surface area contributed by atoms with Crippen molar-refractivity contribution in [2.45, 2.75) is 50.0 Å². The lowest BCUT2D eigenvalue weighted by atomic mass is 9.96. The molecule has 0 spiro atoms. The smallest absolute Gasteiger partial charge is 0.208 e. The lowest BCUT2D eigenvalue weighted by molar-refractivity contribution is 0.412. The normalized spacial score (nSPS) is 17.9. The van der Waals surface area contributed by atoms with Gasteiger partial charge in [-0.3, -0.25) is 0 Å². The summed E-state index contributed by atoms with van der Waals surface area (Å²) in [5.41, 5.74) is 1.03. The van der Waals surface area contributed by atoms with E-state index in [9.17, 15) is 8.42 Å². The maximum Gasteiger partial charge on any atom is 0.240 e. The Morgan fingerprint density at radius 3 is 2.50 bits per heavy atom. The van der Waals surface area contributed by atoms with Crippen molar-refractivity contribution < 1.29 is 8.42 Å². The second-order valence-corrected chi connectivity index (χ2v) is 7.44. The van der Waals surface area contributed by atoms with Crippen LogP contribution in [0, 0.1) is 6.92 Å². The second-order valence-electron chi connectivity index (χ2n) is 4.87. The Morgan fingerprint density at radius 2 is 1.89 bits per heavy atom. The van der Waals surface area contributed by atoms with E-state index in [0.717, 1.165) is 35.7 Å². The Kier molecular flexibility index (Phi) is 4.45. The van der Waals surface area contributed by atoms with E-state index in [0.29, 0.717) is 4.90 Å². The van der Waals surface area contributed by atoms with Crippen molar-refractivity contribution in [3.05, 3.63) is 28.2 Å². The van der Waals surface area contributed by atoms with Crippen LogP contribution in [0.4, 0.5) is 0 Å². The van der Waals surface area contributed by atoms with Gasteiger partial charge in [-0.25, -0.2) is 13.1 Å². The third-order valence-corrected chi connectivity index (χ3v) is 5.75. The SMILES string of the molecule is Cc1ccc(S(=O)(=O)NC2CCCCC2)cc1Br. The van der Waals surface area contributed by atoms with Gasteiger partial charge in [-0.2, -0.15) is 0 Å². The molecule has 5 heteroatoms. The molecule has 1 aliphatic rings. The highest BCUT2D eigenvalue weighted by Crippen LogP contribution is 2.23. The van der Waals surface area contributed by atoms with Gasteiger partial charge in [0, 0.05) is 10.5 Å². The Labute approximate surface area is 117 Å². The van der Waals surface area contributed by atoms with E-state index in [4.69, 9.17) is 0 Å².